The van der Waals surface area contributed by atoms with Gasteiger partial charge in [0.2, 0.25) is 0 Å². The van der Waals surface area contributed by atoms with Gasteiger partial charge in [-0.05, 0) is 30.4 Å². The molecular formula is C15H24O. The minimum Gasteiger partial charge on any atom is -0.389 e. The normalized spacial score (nSPS) is 14.8. The molecule has 16 heavy (non-hydrogen) atoms. The predicted molar refractivity (Wildman–Crippen MR) is 69.6 cm³/mol. The number of hydrogen-bond acceptors (Lipinski definition) is 1. The largest absolute Gasteiger partial charge is 0.389 e. The Morgan fingerprint density at radius 3 is 2.06 bits per heavy atom. The molecule has 0 aromatic heterocycles. The molecule has 0 heterocycles. The van der Waals surface area contributed by atoms with E-state index in [0.29, 0.717) is 5.92 Å². The van der Waals surface area contributed by atoms with Gasteiger partial charge in [0.1, 0.15) is 0 Å². The molecule has 0 amide bonds. The van der Waals surface area contributed by atoms with Crippen molar-refractivity contribution < 1.29 is 5.11 Å². The first-order valence-corrected chi connectivity index (χ1v) is 6.43. The van der Waals surface area contributed by atoms with Crippen molar-refractivity contribution in [1.29, 1.82) is 0 Å². The van der Waals surface area contributed by atoms with Gasteiger partial charge in [0.05, 0.1) is 6.10 Å². The van der Waals surface area contributed by atoms with E-state index in [2.05, 4.69) is 26.0 Å². The summed E-state index contributed by atoms with van der Waals surface area (Å²) in [5.41, 5.74) is 2.39. The molecule has 1 aromatic carbocycles. The van der Waals surface area contributed by atoms with Crippen LogP contribution in [0.5, 0.6) is 0 Å². The van der Waals surface area contributed by atoms with Crippen LogP contribution in [-0.4, -0.2) is 5.11 Å². The Bertz CT molecular complexity index is 287. The van der Waals surface area contributed by atoms with E-state index in [4.69, 9.17) is 0 Å². The van der Waals surface area contributed by atoms with Gasteiger partial charge >= 0.3 is 0 Å². The first kappa shape index (κ1) is 13.2. The fraction of sp³-hybridized carbons (Fsp3) is 0.600. The minimum atomic E-state index is -0.357. The van der Waals surface area contributed by atoms with Crippen LogP contribution >= 0.6 is 0 Å². The Morgan fingerprint density at radius 2 is 1.56 bits per heavy atom. The average molecular weight is 220 g/mol. The lowest BCUT2D eigenvalue weighted by atomic mass is 9.94. The quantitative estimate of drug-likeness (QED) is 0.703. The fourth-order valence-electron chi connectivity index (χ4n) is 1.97. The Balaban J connectivity index is 2.52. The molecule has 1 heteroatoms. The molecule has 0 aliphatic rings. The van der Waals surface area contributed by atoms with Gasteiger partial charge in [-0.25, -0.2) is 0 Å². The van der Waals surface area contributed by atoms with Crippen molar-refractivity contribution in [3.8, 4) is 0 Å². The Hall–Kier alpha value is -0.820. The second kappa shape index (κ2) is 6.70. The van der Waals surface area contributed by atoms with Crippen LogP contribution in [0.1, 0.15) is 69.6 Å². The lowest BCUT2D eigenvalue weighted by Crippen LogP contribution is -1.96. The van der Waals surface area contributed by atoms with Crippen molar-refractivity contribution in [2.24, 2.45) is 0 Å². The second-order valence-corrected chi connectivity index (χ2v) is 4.74. The van der Waals surface area contributed by atoms with E-state index in [1.807, 2.05) is 12.1 Å². The molecule has 1 rings (SSSR count). The molecule has 0 aliphatic heterocycles. The van der Waals surface area contributed by atoms with E-state index in [1.165, 1.54) is 31.2 Å². The molecule has 0 saturated heterocycles. The smallest absolute Gasteiger partial charge is 0.0761 e. The van der Waals surface area contributed by atoms with Crippen molar-refractivity contribution in [2.45, 2.75) is 58.5 Å². The summed E-state index contributed by atoms with van der Waals surface area (Å²) in [6.45, 7) is 6.33. The van der Waals surface area contributed by atoms with E-state index >= 15 is 0 Å². The highest BCUT2D eigenvalue weighted by atomic mass is 16.3. The zero-order chi connectivity index (χ0) is 12.0. The third-order valence-electron chi connectivity index (χ3n) is 3.23. The molecule has 0 bridgehead atoms. The van der Waals surface area contributed by atoms with Crippen LogP contribution in [0.4, 0.5) is 0 Å². The summed E-state index contributed by atoms with van der Waals surface area (Å²) in [4.78, 5) is 0. The van der Waals surface area contributed by atoms with Crippen LogP contribution in [-0.2, 0) is 0 Å². The Labute approximate surface area is 99.5 Å². The highest BCUT2D eigenvalue weighted by Gasteiger charge is 2.06. The molecule has 90 valence electrons. The molecule has 0 spiro atoms. The van der Waals surface area contributed by atoms with E-state index in [-0.39, 0.29) is 6.10 Å². The van der Waals surface area contributed by atoms with Crippen molar-refractivity contribution in [3.63, 3.8) is 0 Å². The highest BCUT2D eigenvalue weighted by molar-refractivity contribution is 5.26. The summed E-state index contributed by atoms with van der Waals surface area (Å²) in [5.74, 6) is 0.634. The molecule has 1 aromatic rings. The first-order chi connectivity index (χ1) is 7.65. The Kier molecular flexibility index (Phi) is 5.54. The number of hydrogen-bond donors (Lipinski definition) is 1. The van der Waals surface area contributed by atoms with Crippen LogP contribution in [0, 0.1) is 0 Å². The van der Waals surface area contributed by atoms with E-state index in [0.717, 1.165) is 5.56 Å². The van der Waals surface area contributed by atoms with Gasteiger partial charge in [0.25, 0.3) is 0 Å². The molecule has 0 saturated carbocycles. The van der Waals surface area contributed by atoms with Gasteiger partial charge < -0.3 is 5.11 Å². The highest BCUT2D eigenvalue weighted by Crippen LogP contribution is 2.23. The van der Waals surface area contributed by atoms with E-state index in [1.54, 1.807) is 6.92 Å². The lowest BCUT2D eigenvalue weighted by Gasteiger charge is -2.13. The molecule has 2 atom stereocenters. The Morgan fingerprint density at radius 1 is 1.00 bits per heavy atom. The van der Waals surface area contributed by atoms with Gasteiger partial charge in [0.15, 0.2) is 0 Å². The average Bonchev–Trinajstić information content (AvgIpc) is 2.29. The molecule has 0 radical (unpaired) electrons. The fourth-order valence-corrected chi connectivity index (χ4v) is 1.97. The summed E-state index contributed by atoms with van der Waals surface area (Å²) in [6.07, 6.45) is 4.84. The van der Waals surface area contributed by atoms with Gasteiger partial charge in [-0.15, -0.1) is 0 Å². The van der Waals surface area contributed by atoms with Crippen LogP contribution in [0.2, 0.25) is 0 Å². The number of aliphatic hydroxyl groups excluding tert-OH is 1. The number of unbranched alkanes of at least 4 members (excludes halogenated alkanes) is 2. The maximum Gasteiger partial charge on any atom is 0.0761 e. The minimum absolute atomic E-state index is 0.357. The topological polar surface area (TPSA) is 20.2 Å². The van der Waals surface area contributed by atoms with Crippen molar-refractivity contribution in [1.82, 2.24) is 0 Å². The second-order valence-electron chi connectivity index (χ2n) is 4.74. The maximum atomic E-state index is 9.43. The van der Waals surface area contributed by atoms with Gasteiger partial charge in [-0.3, -0.25) is 0 Å². The van der Waals surface area contributed by atoms with Crippen molar-refractivity contribution >= 4 is 0 Å². The van der Waals surface area contributed by atoms with Crippen LogP contribution in [0.25, 0.3) is 0 Å². The summed E-state index contributed by atoms with van der Waals surface area (Å²) >= 11 is 0. The summed E-state index contributed by atoms with van der Waals surface area (Å²) in [7, 11) is 0. The molecule has 1 N–H and O–H groups in total. The standard InChI is InChI=1S/C15H24O/c1-4-5-6-7-12(2)14-8-10-15(11-9-14)13(3)16/h8-13,16H,4-7H2,1-3H3. The lowest BCUT2D eigenvalue weighted by molar-refractivity contribution is 0.199. The number of benzene rings is 1. The van der Waals surface area contributed by atoms with Crippen LogP contribution in [0.3, 0.4) is 0 Å². The molecule has 0 fully saturated rings. The third kappa shape index (κ3) is 3.97. The van der Waals surface area contributed by atoms with Gasteiger partial charge in [0, 0.05) is 0 Å². The molecule has 2 unspecified atom stereocenters. The van der Waals surface area contributed by atoms with E-state index in [9.17, 15) is 5.11 Å². The molecule has 1 nitrogen and oxygen atoms in total. The number of aliphatic hydroxyl groups is 1. The first-order valence-electron chi connectivity index (χ1n) is 6.43. The van der Waals surface area contributed by atoms with Gasteiger partial charge in [-0.1, -0.05) is 57.4 Å². The van der Waals surface area contributed by atoms with Gasteiger partial charge in [-0.2, -0.15) is 0 Å². The summed E-state index contributed by atoms with van der Waals surface area (Å²) in [6, 6.07) is 8.38. The van der Waals surface area contributed by atoms with E-state index < -0.39 is 0 Å². The maximum absolute atomic E-state index is 9.43. The third-order valence-corrected chi connectivity index (χ3v) is 3.23. The van der Waals surface area contributed by atoms with Crippen LogP contribution < -0.4 is 0 Å². The van der Waals surface area contributed by atoms with Crippen molar-refractivity contribution in [2.75, 3.05) is 0 Å². The summed E-state index contributed by atoms with van der Waals surface area (Å²) in [5, 5.41) is 9.43. The van der Waals surface area contributed by atoms with Crippen molar-refractivity contribution in [3.05, 3.63) is 35.4 Å². The van der Waals surface area contributed by atoms with Crippen LogP contribution in [0.15, 0.2) is 24.3 Å². The zero-order valence-electron chi connectivity index (χ0n) is 10.7. The SMILES string of the molecule is CCCCCC(C)c1ccc(C(C)O)cc1. The number of rotatable bonds is 6. The zero-order valence-corrected chi connectivity index (χ0v) is 10.7. The summed E-state index contributed by atoms with van der Waals surface area (Å²) < 4.78 is 0. The predicted octanol–water partition coefficient (Wildman–Crippen LogP) is 4.42. The monoisotopic (exact) mass is 220 g/mol. The molecular weight excluding hydrogens is 196 g/mol. The molecule has 0 aliphatic carbocycles.